The third-order valence-electron chi connectivity index (χ3n) is 5.18. The molecule has 0 aromatic carbocycles. The molecule has 1 aliphatic heterocycles. The lowest BCUT2D eigenvalue weighted by Crippen LogP contribution is -2.52. The van der Waals surface area contributed by atoms with Crippen molar-refractivity contribution in [3.05, 3.63) is 0 Å². The Bertz CT molecular complexity index is 213. The van der Waals surface area contributed by atoms with Gasteiger partial charge in [-0.1, -0.05) is 33.1 Å². The second-order valence-electron chi connectivity index (χ2n) is 6.23. The maximum atomic E-state index is 6.06. The number of rotatable bonds is 5. The van der Waals surface area contributed by atoms with Crippen LogP contribution in [0.4, 0.5) is 0 Å². The number of hydrogen-bond donors (Lipinski definition) is 1. The molecule has 17 heavy (non-hydrogen) atoms. The van der Waals surface area contributed by atoms with Crippen LogP contribution in [0.25, 0.3) is 0 Å². The number of piperidine rings is 1. The maximum Gasteiger partial charge on any atom is 0.0246 e. The minimum absolute atomic E-state index is 0.647. The zero-order chi connectivity index (χ0) is 12.3. The first kappa shape index (κ1) is 13.4. The molecule has 3 unspecified atom stereocenters. The van der Waals surface area contributed by atoms with Crippen LogP contribution >= 0.6 is 0 Å². The first-order valence-corrected chi connectivity index (χ1v) is 7.72. The Labute approximate surface area is 107 Å². The molecular formula is C15H30N2. The molecule has 1 aliphatic carbocycles. The Morgan fingerprint density at radius 1 is 1.12 bits per heavy atom. The van der Waals surface area contributed by atoms with Gasteiger partial charge in [-0.3, -0.25) is 4.90 Å². The molecule has 2 N–H and O–H groups in total. The molecule has 1 saturated heterocycles. The van der Waals surface area contributed by atoms with Crippen molar-refractivity contribution in [1.82, 2.24) is 4.90 Å². The Hall–Kier alpha value is -0.0800. The summed E-state index contributed by atoms with van der Waals surface area (Å²) in [6.45, 7) is 8.15. The van der Waals surface area contributed by atoms with Crippen molar-refractivity contribution in [1.29, 1.82) is 0 Å². The Morgan fingerprint density at radius 2 is 1.71 bits per heavy atom. The van der Waals surface area contributed by atoms with Crippen molar-refractivity contribution >= 4 is 0 Å². The summed E-state index contributed by atoms with van der Waals surface area (Å²) in [5, 5.41) is 0. The van der Waals surface area contributed by atoms with E-state index in [9.17, 15) is 0 Å². The van der Waals surface area contributed by atoms with E-state index in [4.69, 9.17) is 5.73 Å². The molecule has 100 valence electrons. The number of hydrogen-bond acceptors (Lipinski definition) is 2. The van der Waals surface area contributed by atoms with E-state index < -0.39 is 0 Å². The molecule has 2 heteroatoms. The smallest absolute Gasteiger partial charge is 0.0246 e. The van der Waals surface area contributed by atoms with Gasteiger partial charge >= 0.3 is 0 Å². The zero-order valence-corrected chi connectivity index (χ0v) is 11.7. The van der Waals surface area contributed by atoms with E-state index in [1.165, 1.54) is 51.6 Å². The van der Waals surface area contributed by atoms with E-state index in [-0.39, 0.29) is 0 Å². The summed E-state index contributed by atoms with van der Waals surface area (Å²) in [6.07, 6.45) is 8.47. The van der Waals surface area contributed by atoms with Gasteiger partial charge in [0.2, 0.25) is 0 Å². The van der Waals surface area contributed by atoms with Gasteiger partial charge in [0.05, 0.1) is 0 Å². The average Bonchev–Trinajstić information content (AvgIpc) is 2.35. The molecule has 0 aromatic heterocycles. The predicted octanol–water partition coefficient (Wildman–Crippen LogP) is 2.87. The van der Waals surface area contributed by atoms with Crippen molar-refractivity contribution in [3.8, 4) is 0 Å². The number of nitrogens with zero attached hydrogens (tertiary/aromatic N) is 1. The molecule has 0 spiro atoms. The van der Waals surface area contributed by atoms with Crippen LogP contribution in [-0.2, 0) is 0 Å². The molecule has 2 fully saturated rings. The van der Waals surface area contributed by atoms with Crippen molar-refractivity contribution in [2.75, 3.05) is 19.6 Å². The summed E-state index contributed by atoms with van der Waals surface area (Å²) < 4.78 is 0. The van der Waals surface area contributed by atoms with E-state index >= 15 is 0 Å². The van der Waals surface area contributed by atoms with Crippen LogP contribution in [0.3, 0.4) is 0 Å². The summed E-state index contributed by atoms with van der Waals surface area (Å²) in [6, 6.07) is 0.647. The number of fused-ring (bicyclic) bond motifs is 2. The van der Waals surface area contributed by atoms with Crippen LogP contribution < -0.4 is 5.73 Å². The van der Waals surface area contributed by atoms with E-state index in [1.54, 1.807) is 0 Å². The van der Waals surface area contributed by atoms with Gasteiger partial charge in [0.15, 0.2) is 0 Å². The molecule has 2 rings (SSSR count). The third kappa shape index (κ3) is 3.03. The van der Waals surface area contributed by atoms with Gasteiger partial charge in [0.1, 0.15) is 0 Å². The van der Waals surface area contributed by atoms with Crippen LogP contribution in [0.5, 0.6) is 0 Å². The highest BCUT2D eigenvalue weighted by Gasteiger charge is 2.34. The van der Waals surface area contributed by atoms with Crippen LogP contribution in [0.2, 0.25) is 0 Å². The number of likely N-dealkylation sites (tertiary alicyclic amines) is 1. The lowest BCUT2D eigenvalue weighted by Gasteiger charge is -2.46. The van der Waals surface area contributed by atoms with Crippen LogP contribution in [0.15, 0.2) is 0 Å². The summed E-state index contributed by atoms with van der Waals surface area (Å²) in [4.78, 5) is 2.75. The van der Waals surface area contributed by atoms with Crippen LogP contribution in [-0.4, -0.2) is 30.6 Å². The monoisotopic (exact) mass is 238 g/mol. The zero-order valence-electron chi connectivity index (χ0n) is 11.7. The highest BCUT2D eigenvalue weighted by Crippen LogP contribution is 2.36. The standard InChI is InChI=1S/C15H30N2/c1-3-14(4-2)15(9-16)17-10-12-6-5-7-13(8-12)11-17/h12-15H,3-11,16H2,1-2H3. The minimum Gasteiger partial charge on any atom is -0.329 e. The molecule has 0 amide bonds. The normalized spacial score (nSPS) is 31.8. The maximum absolute atomic E-state index is 6.06. The van der Waals surface area contributed by atoms with Gasteiger partial charge in [-0.25, -0.2) is 0 Å². The van der Waals surface area contributed by atoms with Crippen molar-refractivity contribution < 1.29 is 0 Å². The molecule has 1 saturated carbocycles. The van der Waals surface area contributed by atoms with E-state index in [0.29, 0.717) is 6.04 Å². The lowest BCUT2D eigenvalue weighted by atomic mass is 9.76. The molecule has 2 bridgehead atoms. The van der Waals surface area contributed by atoms with Gasteiger partial charge in [0, 0.05) is 25.7 Å². The molecule has 0 radical (unpaired) electrons. The van der Waals surface area contributed by atoms with Crippen molar-refractivity contribution in [2.24, 2.45) is 23.5 Å². The van der Waals surface area contributed by atoms with E-state index in [0.717, 1.165) is 24.3 Å². The van der Waals surface area contributed by atoms with Gasteiger partial charge in [-0.2, -0.15) is 0 Å². The van der Waals surface area contributed by atoms with Gasteiger partial charge in [-0.05, 0) is 37.0 Å². The Kier molecular flexibility index (Phi) is 4.87. The average molecular weight is 238 g/mol. The topological polar surface area (TPSA) is 29.3 Å². The van der Waals surface area contributed by atoms with Crippen LogP contribution in [0.1, 0.15) is 52.4 Å². The quantitative estimate of drug-likeness (QED) is 0.798. The van der Waals surface area contributed by atoms with Crippen molar-refractivity contribution in [3.63, 3.8) is 0 Å². The molecule has 3 atom stereocenters. The molecular weight excluding hydrogens is 208 g/mol. The first-order chi connectivity index (χ1) is 8.28. The Morgan fingerprint density at radius 3 is 2.18 bits per heavy atom. The predicted molar refractivity (Wildman–Crippen MR) is 73.9 cm³/mol. The van der Waals surface area contributed by atoms with Gasteiger partial charge in [-0.15, -0.1) is 0 Å². The van der Waals surface area contributed by atoms with Gasteiger partial charge in [0.25, 0.3) is 0 Å². The second-order valence-corrected chi connectivity index (χ2v) is 6.23. The second kappa shape index (κ2) is 6.19. The third-order valence-corrected chi connectivity index (χ3v) is 5.18. The van der Waals surface area contributed by atoms with E-state index in [2.05, 4.69) is 18.7 Å². The fraction of sp³-hybridized carbons (Fsp3) is 1.00. The summed E-state index contributed by atoms with van der Waals surface area (Å²) in [5.41, 5.74) is 6.06. The molecule has 2 aliphatic rings. The first-order valence-electron chi connectivity index (χ1n) is 7.72. The largest absolute Gasteiger partial charge is 0.329 e. The summed E-state index contributed by atoms with van der Waals surface area (Å²) >= 11 is 0. The highest BCUT2D eigenvalue weighted by atomic mass is 15.2. The minimum atomic E-state index is 0.647. The SMILES string of the molecule is CCC(CC)C(CN)N1CC2CCCC(C2)C1. The summed E-state index contributed by atoms with van der Waals surface area (Å²) in [7, 11) is 0. The fourth-order valence-electron chi connectivity index (χ4n) is 4.22. The summed E-state index contributed by atoms with van der Waals surface area (Å²) in [5.74, 6) is 2.76. The Balaban J connectivity index is 1.99. The van der Waals surface area contributed by atoms with Crippen molar-refractivity contribution in [2.45, 2.75) is 58.4 Å². The van der Waals surface area contributed by atoms with Gasteiger partial charge < -0.3 is 5.73 Å². The molecule has 2 nitrogen and oxygen atoms in total. The molecule has 1 heterocycles. The lowest BCUT2D eigenvalue weighted by molar-refractivity contribution is 0.0327. The fourth-order valence-corrected chi connectivity index (χ4v) is 4.22. The van der Waals surface area contributed by atoms with Crippen LogP contribution in [0, 0.1) is 17.8 Å². The number of nitrogens with two attached hydrogens (primary N) is 1. The molecule has 0 aromatic rings. The highest BCUT2D eigenvalue weighted by molar-refractivity contribution is 4.89. The van der Waals surface area contributed by atoms with E-state index in [1.807, 2.05) is 0 Å².